The largest absolute Gasteiger partial charge is 0 e. The Hall–Kier alpha value is -2.41. The summed E-state index contributed by atoms with van der Waals surface area (Å²) in [6, 6.07) is 18.3. The molecule has 0 fully saturated rings. The molecule has 0 saturated heterocycles. The van der Waals surface area contributed by atoms with E-state index in [1.165, 1.54) is 33.4 Å². The Balaban J connectivity index is 0.000000344. The van der Waals surface area contributed by atoms with E-state index in [9.17, 15) is 14.3 Å². The van der Waals surface area contributed by atoms with Crippen molar-refractivity contribution in [3.05, 3.63) is 78.1 Å². The van der Waals surface area contributed by atoms with Crippen molar-refractivity contribution in [2.75, 3.05) is 0 Å². The van der Waals surface area contributed by atoms with Gasteiger partial charge in [0.05, 0.1) is 0 Å². The summed E-state index contributed by atoms with van der Waals surface area (Å²) in [7, 11) is 0. The number of hydrogen-bond acceptors (Lipinski definition) is 4. The SMILES string of the molecule is CC(C)(C)C(=O)/C=C(\O)C(C)(C)C.Cc1nc(-c2[c-]cc(F)cc2)c2ccc3ccc[c]([Ge]([CH3])([CH3])[CH3])c3c2n1.[Ir]. The Labute approximate surface area is 254 Å². The van der Waals surface area contributed by atoms with Gasteiger partial charge in [-0.15, -0.1) is 0 Å². The third-order valence-electron chi connectivity index (χ3n) is 6.43. The van der Waals surface area contributed by atoms with Crippen molar-refractivity contribution in [3.8, 4) is 11.3 Å². The Kier molecular flexibility index (Phi) is 10.7. The average Bonchev–Trinajstić information content (AvgIpc) is 2.82. The molecule has 0 aliphatic rings. The number of nitrogens with zero attached hydrogens (tertiary/aromatic N) is 2. The number of aromatic nitrogens is 2. The summed E-state index contributed by atoms with van der Waals surface area (Å²) < 4.78 is 14.8. The van der Waals surface area contributed by atoms with Crippen molar-refractivity contribution in [2.45, 2.75) is 65.7 Å². The van der Waals surface area contributed by atoms with Gasteiger partial charge in [-0.3, -0.25) is 4.79 Å². The number of rotatable bonds is 3. The average molecular weight is 781 g/mol. The number of carbonyl (C=O) groups excluding carboxylic acids is 1. The van der Waals surface area contributed by atoms with Crippen LogP contribution in [0, 0.1) is 29.6 Å². The molecule has 215 valence electrons. The first-order chi connectivity index (χ1) is 17.9. The van der Waals surface area contributed by atoms with E-state index in [1.54, 1.807) is 6.07 Å². The molecule has 3 aromatic carbocycles. The van der Waals surface area contributed by atoms with E-state index in [1.807, 2.05) is 48.5 Å². The van der Waals surface area contributed by atoms with E-state index >= 15 is 0 Å². The number of aryl methyl sites for hydroxylation is 1. The van der Waals surface area contributed by atoms with Gasteiger partial charge in [0.1, 0.15) is 5.76 Å². The van der Waals surface area contributed by atoms with Crippen LogP contribution < -0.4 is 4.40 Å². The number of allylic oxidation sites excluding steroid dienone is 2. The zero-order valence-electron chi connectivity index (χ0n) is 25.2. The Morgan fingerprint density at radius 1 is 0.950 bits per heavy atom. The minimum Gasteiger partial charge on any atom is 0 e. The molecule has 7 heteroatoms. The number of fused-ring (bicyclic) bond motifs is 3. The number of aliphatic hydroxyl groups excluding tert-OH is 1. The van der Waals surface area contributed by atoms with Crippen LogP contribution in [-0.2, 0) is 24.9 Å². The zero-order chi connectivity index (χ0) is 29.3. The second-order valence-corrected chi connectivity index (χ2v) is 23.6. The van der Waals surface area contributed by atoms with Gasteiger partial charge in [-0.25, -0.2) is 0 Å². The summed E-state index contributed by atoms with van der Waals surface area (Å²) in [6.45, 7) is 13.0. The van der Waals surface area contributed by atoms with Crippen LogP contribution in [0.3, 0.4) is 0 Å². The summed E-state index contributed by atoms with van der Waals surface area (Å²) in [6.07, 6.45) is 1.33. The molecule has 1 N–H and O–H groups in total. The summed E-state index contributed by atoms with van der Waals surface area (Å²) in [5.74, 6) is 7.72. The molecule has 1 radical (unpaired) electrons. The first-order valence-electron chi connectivity index (χ1n) is 13.2. The standard InChI is InChI=1S/C22H20FGeN2.C11H20O2.Ir/c1-14-25-21(16-8-11-17(23)12-9-16)18-13-10-15-6-5-7-19(24(2,3)4)20(15)22(18)26-14;1-10(2,3)8(12)7-9(13)11(4,5)6;/h5-8,10-13H,1-4H3;7,12H,1-6H3;/q-1;;/b;8-7-;. The summed E-state index contributed by atoms with van der Waals surface area (Å²) >= 11 is -2.10. The van der Waals surface area contributed by atoms with Crippen LogP contribution in [0.1, 0.15) is 47.4 Å². The van der Waals surface area contributed by atoms with Crippen LogP contribution in [0.4, 0.5) is 4.39 Å². The number of hydrogen-bond donors (Lipinski definition) is 1. The molecule has 0 atom stereocenters. The van der Waals surface area contributed by atoms with E-state index in [2.05, 4.69) is 58.7 Å². The molecule has 4 nitrogen and oxygen atoms in total. The first kappa shape index (κ1) is 33.8. The number of benzene rings is 3. The van der Waals surface area contributed by atoms with Crippen LogP contribution in [0.5, 0.6) is 0 Å². The fourth-order valence-electron chi connectivity index (χ4n) is 4.02. The van der Waals surface area contributed by atoms with E-state index < -0.39 is 18.7 Å². The Morgan fingerprint density at radius 3 is 2.12 bits per heavy atom. The Bertz CT molecular complexity index is 1540. The minimum atomic E-state index is -2.10. The summed E-state index contributed by atoms with van der Waals surface area (Å²) in [5, 5.41) is 13.0. The molecular weight excluding hydrogens is 740 g/mol. The van der Waals surface area contributed by atoms with Crippen LogP contribution in [0.25, 0.3) is 32.9 Å². The van der Waals surface area contributed by atoms with Gasteiger partial charge in [-0.1, -0.05) is 41.5 Å². The van der Waals surface area contributed by atoms with Gasteiger partial charge in [-0.05, 0) is 0 Å². The topological polar surface area (TPSA) is 63.1 Å². The van der Waals surface area contributed by atoms with Gasteiger partial charge in [-0.2, -0.15) is 0 Å². The predicted molar refractivity (Wildman–Crippen MR) is 164 cm³/mol. The van der Waals surface area contributed by atoms with Crippen molar-refractivity contribution in [1.82, 2.24) is 9.97 Å². The molecule has 0 spiro atoms. The third-order valence-corrected chi connectivity index (χ3v) is 10.7. The van der Waals surface area contributed by atoms with Gasteiger partial charge in [0.25, 0.3) is 0 Å². The van der Waals surface area contributed by atoms with Crippen molar-refractivity contribution < 1.29 is 34.4 Å². The summed E-state index contributed by atoms with van der Waals surface area (Å²) in [4.78, 5) is 20.9. The van der Waals surface area contributed by atoms with Gasteiger partial charge in [0.15, 0.2) is 5.78 Å². The molecule has 0 unspecified atom stereocenters. The van der Waals surface area contributed by atoms with Crippen LogP contribution in [-0.4, -0.2) is 34.1 Å². The van der Waals surface area contributed by atoms with Crippen molar-refractivity contribution in [3.63, 3.8) is 0 Å². The molecule has 1 heterocycles. The van der Waals surface area contributed by atoms with Crippen molar-refractivity contribution in [2.24, 2.45) is 10.8 Å². The first-order valence-corrected chi connectivity index (χ1v) is 20.6. The predicted octanol–water partition coefficient (Wildman–Crippen LogP) is 8.33. The van der Waals surface area contributed by atoms with Gasteiger partial charge in [0, 0.05) is 37.0 Å². The molecular formula is C33H40FGeIrN2O2-. The molecule has 0 aliphatic heterocycles. The summed E-state index contributed by atoms with van der Waals surface area (Å²) in [5.41, 5.74) is 1.82. The zero-order valence-corrected chi connectivity index (χ0v) is 29.7. The number of carbonyl (C=O) groups is 1. The molecule has 4 rings (SSSR count). The van der Waals surface area contributed by atoms with Crippen LogP contribution in [0.2, 0.25) is 17.3 Å². The van der Waals surface area contributed by atoms with E-state index in [0.717, 1.165) is 22.2 Å². The second-order valence-electron chi connectivity index (χ2n) is 13.0. The maximum absolute atomic E-state index is 13.3. The van der Waals surface area contributed by atoms with Gasteiger partial charge >= 0.3 is 155 Å². The smallest absolute Gasteiger partial charge is 0 e. The van der Waals surface area contributed by atoms with Crippen LogP contribution in [0.15, 0.2) is 60.4 Å². The number of ketones is 1. The molecule has 0 aliphatic carbocycles. The van der Waals surface area contributed by atoms with Crippen molar-refractivity contribution in [1.29, 1.82) is 0 Å². The van der Waals surface area contributed by atoms with E-state index in [0.29, 0.717) is 5.82 Å². The Morgan fingerprint density at radius 2 is 1.60 bits per heavy atom. The molecule has 1 aromatic heterocycles. The monoisotopic (exact) mass is 782 g/mol. The molecule has 0 amide bonds. The molecule has 4 aromatic rings. The van der Waals surface area contributed by atoms with E-state index in [-0.39, 0.29) is 42.9 Å². The van der Waals surface area contributed by atoms with Crippen molar-refractivity contribution >= 4 is 45.1 Å². The fraction of sp³-hybridized carbons (Fsp3) is 0.364. The van der Waals surface area contributed by atoms with Crippen LogP contribution >= 0.6 is 0 Å². The van der Waals surface area contributed by atoms with E-state index in [4.69, 9.17) is 4.98 Å². The normalized spacial score (nSPS) is 12.5. The number of aliphatic hydroxyl groups is 1. The molecule has 0 saturated carbocycles. The number of halogens is 1. The van der Waals surface area contributed by atoms with Gasteiger partial charge < -0.3 is 5.11 Å². The fourth-order valence-corrected chi connectivity index (χ4v) is 7.39. The quantitative estimate of drug-likeness (QED) is 0.0748. The minimum absolute atomic E-state index is 0. The molecule has 0 bridgehead atoms. The third kappa shape index (κ3) is 8.08. The maximum Gasteiger partial charge on any atom is 0 e. The second kappa shape index (κ2) is 12.6. The maximum atomic E-state index is 13.3. The van der Waals surface area contributed by atoms with Gasteiger partial charge in [0.2, 0.25) is 0 Å². The molecule has 40 heavy (non-hydrogen) atoms.